The zero-order chi connectivity index (χ0) is 11.7. The molecule has 4 N–H and O–H groups in total. The van der Waals surface area contributed by atoms with Gasteiger partial charge in [-0.2, -0.15) is 0 Å². The molecule has 0 heterocycles. The lowest BCUT2D eigenvalue weighted by Crippen LogP contribution is -2.36. The maximum absolute atomic E-state index is 11.4. The summed E-state index contributed by atoms with van der Waals surface area (Å²) in [7, 11) is -1.76. The van der Waals surface area contributed by atoms with Crippen LogP contribution in [0.4, 0.5) is 0 Å². The molecule has 5 nitrogen and oxygen atoms in total. The molecule has 2 unspecified atom stereocenters. The maximum Gasteiger partial charge on any atom is 0.234 e. The number of unbranched alkanes of at least 4 members (excludes halogenated alkanes) is 1. The van der Waals surface area contributed by atoms with Gasteiger partial charge < -0.3 is 20.8 Å². The van der Waals surface area contributed by atoms with Gasteiger partial charge >= 0.3 is 0 Å². The summed E-state index contributed by atoms with van der Waals surface area (Å²) in [4.78, 5) is 10.6. The fourth-order valence-corrected chi connectivity index (χ4v) is 2.11. The Balaban J connectivity index is 3.45. The topological polar surface area (TPSA) is 95.4 Å². The molecule has 0 aliphatic carbocycles. The van der Waals surface area contributed by atoms with E-state index in [1.54, 1.807) is 0 Å². The summed E-state index contributed by atoms with van der Waals surface area (Å²) < 4.78 is 16.6. The molecule has 2 atom stereocenters. The van der Waals surface area contributed by atoms with Crippen LogP contribution in [0.3, 0.4) is 0 Å². The summed E-state index contributed by atoms with van der Waals surface area (Å²) in [5, 5.41) is 0. The minimum absolute atomic E-state index is 0.288. The number of amides is 1. The van der Waals surface area contributed by atoms with E-state index in [1.807, 2.05) is 0 Å². The van der Waals surface area contributed by atoms with Gasteiger partial charge in [0, 0.05) is 12.8 Å². The summed E-state index contributed by atoms with van der Waals surface area (Å²) in [6.07, 6.45) is 3.14. The first-order valence-electron chi connectivity index (χ1n) is 5.22. The summed E-state index contributed by atoms with van der Waals surface area (Å²) in [6, 6.07) is -0.686. The number of hydrogen-bond acceptors (Lipinski definition) is 4. The van der Waals surface area contributed by atoms with Crippen molar-refractivity contribution in [2.75, 3.05) is 19.1 Å². The van der Waals surface area contributed by atoms with Crippen LogP contribution < -0.4 is 11.5 Å². The molecule has 0 spiro atoms. The highest BCUT2D eigenvalue weighted by Gasteiger charge is 2.10. The Kier molecular flexibility index (Phi) is 8.67. The second-order valence-electron chi connectivity index (χ2n) is 3.49. The van der Waals surface area contributed by atoms with Crippen molar-refractivity contribution in [2.45, 2.75) is 32.2 Å². The third kappa shape index (κ3) is 8.60. The molecule has 0 aromatic heterocycles. The van der Waals surface area contributed by atoms with Crippen LogP contribution in [0.1, 0.15) is 26.2 Å². The summed E-state index contributed by atoms with van der Waals surface area (Å²) in [5.74, 6) is -0.545. The predicted molar refractivity (Wildman–Crippen MR) is 61.4 cm³/mol. The molecule has 0 aromatic rings. The predicted octanol–water partition coefficient (Wildman–Crippen LogP) is 0.523. The van der Waals surface area contributed by atoms with E-state index in [9.17, 15) is 9.36 Å². The molecule has 1 amide bonds. The molecule has 0 saturated heterocycles. The van der Waals surface area contributed by atoms with Gasteiger partial charge in [-0.1, -0.05) is 13.3 Å². The zero-order valence-electron chi connectivity index (χ0n) is 9.20. The average Bonchev–Trinajstić information content (AvgIpc) is 2.20. The van der Waals surface area contributed by atoms with Crippen LogP contribution in [0.5, 0.6) is 0 Å². The van der Waals surface area contributed by atoms with Crippen molar-refractivity contribution in [1.82, 2.24) is 0 Å². The molecule has 6 heteroatoms. The standard InChI is InChI=1S/C9H21N2O3P/c1-2-3-5-14-7-15(13)6-4-8(10)9(11)12/h8,15H,2-7,10H2,1H3,(H2,11,12). The Morgan fingerprint density at radius 2 is 2.20 bits per heavy atom. The highest BCUT2D eigenvalue weighted by atomic mass is 31.1. The molecular weight excluding hydrogens is 215 g/mol. The lowest BCUT2D eigenvalue weighted by Gasteiger charge is -2.07. The smallest absolute Gasteiger partial charge is 0.234 e. The van der Waals surface area contributed by atoms with E-state index < -0.39 is 19.8 Å². The first-order chi connectivity index (χ1) is 7.07. The van der Waals surface area contributed by atoms with Crippen molar-refractivity contribution >= 4 is 13.7 Å². The number of ether oxygens (including phenoxy) is 1. The number of primary amides is 1. The van der Waals surface area contributed by atoms with Gasteiger partial charge in [0.15, 0.2) is 0 Å². The first kappa shape index (κ1) is 14.6. The molecule has 0 aromatic carbocycles. The third-order valence-electron chi connectivity index (χ3n) is 2.00. The summed E-state index contributed by atoms with van der Waals surface area (Å²) >= 11 is 0. The Morgan fingerprint density at radius 1 is 1.53 bits per heavy atom. The lowest BCUT2D eigenvalue weighted by molar-refractivity contribution is -0.119. The highest BCUT2D eigenvalue weighted by molar-refractivity contribution is 7.44. The van der Waals surface area contributed by atoms with E-state index in [0.29, 0.717) is 19.2 Å². The van der Waals surface area contributed by atoms with Crippen molar-refractivity contribution < 1.29 is 14.1 Å². The fourth-order valence-electron chi connectivity index (χ4n) is 0.963. The average molecular weight is 236 g/mol. The summed E-state index contributed by atoms with van der Waals surface area (Å²) in [5.41, 5.74) is 10.4. The minimum atomic E-state index is -1.76. The van der Waals surface area contributed by atoms with E-state index in [2.05, 4.69) is 6.92 Å². The molecule has 0 radical (unpaired) electrons. The van der Waals surface area contributed by atoms with Gasteiger partial charge in [-0.25, -0.2) is 0 Å². The third-order valence-corrected chi connectivity index (χ3v) is 3.38. The molecular formula is C9H21N2O3P. The monoisotopic (exact) mass is 236 g/mol. The van der Waals surface area contributed by atoms with Crippen LogP contribution in [0.2, 0.25) is 0 Å². The van der Waals surface area contributed by atoms with Gasteiger partial charge in [-0.3, -0.25) is 4.79 Å². The maximum atomic E-state index is 11.4. The second-order valence-corrected chi connectivity index (χ2v) is 5.36. The van der Waals surface area contributed by atoms with Crippen molar-refractivity contribution in [3.05, 3.63) is 0 Å². The van der Waals surface area contributed by atoms with Crippen molar-refractivity contribution in [3.8, 4) is 0 Å². The SMILES string of the molecule is CCCCOC[PH](=O)CCC(N)C(N)=O. The van der Waals surface area contributed by atoms with Crippen LogP contribution in [0, 0.1) is 0 Å². The van der Waals surface area contributed by atoms with Crippen LogP contribution >= 0.6 is 7.80 Å². The van der Waals surface area contributed by atoms with Gasteiger partial charge in [-0.05, 0) is 12.8 Å². The second kappa shape index (κ2) is 8.89. The van der Waals surface area contributed by atoms with Crippen molar-refractivity contribution in [1.29, 1.82) is 0 Å². The lowest BCUT2D eigenvalue weighted by atomic mass is 10.2. The molecule has 0 aliphatic heterocycles. The van der Waals surface area contributed by atoms with Gasteiger partial charge in [0.05, 0.1) is 12.4 Å². The van der Waals surface area contributed by atoms with Crippen LogP contribution in [-0.4, -0.2) is 31.1 Å². The number of carbonyl (C=O) groups is 1. The number of carbonyl (C=O) groups excluding carboxylic acids is 1. The fraction of sp³-hybridized carbons (Fsp3) is 0.889. The normalized spacial score (nSPS) is 14.8. The van der Waals surface area contributed by atoms with Crippen molar-refractivity contribution in [2.24, 2.45) is 11.5 Å². The van der Waals surface area contributed by atoms with E-state index in [4.69, 9.17) is 16.2 Å². The first-order valence-corrected chi connectivity index (χ1v) is 7.04. The largest absolute Gasteiger partial charge is 0.374 e. The van der Waals surface area contributed by atoms with Gasteiger partial charge in [0.2, 0.25) is 5.91 Å². The van der Waals surface area contributed by atoms with E-state index in [1.165, 1.54) is 0 Å². The quantitative estimate of drug-likeness (QED) is 0.450. The van der Waals surface area contributed by atoms with Crippen molar-refractivity contribution in [3.63, 3.8) is 0 Å². The van der Waals surface area contributed by atoms with E-state index >= 15 is 0 Å². The molecule has 0 rings (SSSR count). The zero-order valence-corrected chi connectivity index (χ0v) is 10.2. The Hall–Kier alpha value is -0.380. The molecule has 15 heavy (non-hydrogen) atoms. The number of rotatable bonds is 9. The molecule has 0 aliphatic rings. The van der Waals surface area contributed by atoms with E-state index in [0.717, 1.165) is 12.8 Å². The van der Waals surface area contributed by atoms with Crippen LogP contribution in [0.25, 0.3) is 0 Å². The Morgan fingerprint density at radius 3 is 2.73 bits per heavy atom. The van der Waals surface area contributed by atoms with Gasteiger partial charge in [0.1, 0.15) is 7.80 Å². The van der Waals surface area contributed by atoms with Gasteiger partial charge in [0.25, 0.3) is 0 Å². The molecule has 90 valence electrons. The van der Waals surface area contributed by atoms with Crippen LogP contribution in [0.15, 0.2) is 0 Å². The molecule has 0 fully saturated rings. The minimum Gasteiger partial charge on any atom is -0.374 e. The van der Waals surface area contributed by atoms with Crippen LogP contribution in [-0.2, 0) is 14.1 Å². The number of nitrogens with two attached hydrogens (primary N) is 2. The Bertz CT molecular complexity index is 212. The number of hydrogen-bond donors (Lipinski definition) is 2. The molecule has 0 saturated carbocycles. The summed E-state index contributed by atoms with van der Waals surface area (Å²) in [6.45, 7) is 2.72. The Labute approximate surface area is 91.3 Å². The van der Waals surface area contributed by atoms with Gasteiger partial charge in [-0.15, -0.1) is 0 Å². The van der Waals surface area contributed by atoms with E-state index in [-0.39, 0.29) is 6.35 Å². The highest BCUT2D eigenvalue weighted by Crippen LogP contribution is 2.21. The molecule has 0 bridgehead atoms.